The fourth-order valence-corrected chi connectivity index (χ4v) is 3.92. The molecule has 0 bridgehead atoms. The van der Waals surface area contributed by atoms with Gasteiger partial charge in [0.05, 0.1) is 19.8 Å². The molecule has 2 aliphatic rings. The smallest absolute Gasteiger partial charge is 0.124 e. The lowest BCUT2D eigenvalue weighted by Gasteiger charge is -2.33. The summed E-state index contributed by atoms with van der Waals surface area (Å²) in [6.07, 6.45) is 3.87. The second-order valence-electron chi connectivity index (χ2n) is 6.76. The van der Waals surface area contributed by atoms with E-state index in [1.54, 1.807) is 0 Å². The highest BCUT2D eigenvalue weighted by atomic mass is 35.5. The molecule has 1 saturated heterocycles. The van der Waals surface area contributed by atoms with Crippen LogP contribution in [-0.2, 0) is 11.3 Å². The molecule has 3 atom stereocenters. The molecule has 3 unspecified atom stereocenters. The van der Waals surface area contributed by atoms with Crippen molar-refractivity contribution in [1.82, 2.24) is 10.6 Å². The van der Waals surface area contributed by atoms with Crippen LogP contribution in [0, 0.1) is 12.8 Å². The predicted molar refractivity (Wildman–Crippen MR) is 100 cm³/mol. The molecule has 0 aromatic heterocycles. The van der Waals surface area contributed by atoms with Crippen LogP contribution in [0.2, 0.25) is 0 Å². The Kier molecular flexibility index (Phi) is 7.82. The van der Waals surface area contributed by atoms with Crippen LogP contribution in [-0.4, -0.2) is 38.4 Å². The second-order valence-corrected chi connectivity index (χ2v) is 6.76. The Balaban J connectivity index is 0.00000208. The standard InChI is InChI=1S/C19H30N2O2.ClH/c1-3-23-19-11-14(2)7-8-15(19)12-21-17-6-4-5-16(17)18-13-22-10-9-20-18;/h7-8,11,16-18,20-21H,3-6,9-10,12-13H2,1-2H3;1H. The minimum Gasteiger partial charge on any atom is -0.494 e. The summed E-state index contributed by atoms with van der Waals surface area (Å²) in [7, 11) is 0. The first-order valence-electron chi connectivity index (χ1n) is 9.04. The van der Waals surface area contributed by atoms with Gasteiger partial charge in [-0.3, -0.25) is 0 Å². The fraction of sp³-hybridized carbons (Fsp3) is 0.684. The van der Waals surface area contributed by atoms with Crippen molar-refractivity contribution in [3.8, 4) is 5.75 Å². The zero-order valence-electron chi connectivity index (χ0n) is 14.8. The topological polar surface area (TPSA) is 42.5 Å². The molecule has 2 fully saturated rings. The van der Waals surface area contributed by atoms with Crippen molar-refractivity contribution in [3.63, 3.8) is 0 Å². The Morgan fingerprint density at radius 2 is 2.21 bits per heavy atom. The highest BCUT2D eigenvalue weighted by Crippen LogP contribution is 2.30. The van der Waals surface area contributed by atoms with Crippen LogP contribution < -0.4 is 15.4 Å². The number of ether oxygens (including phenoxy) is 2. The summed E-state index contributed by atoms with van der Waals surface area (Å²) >= 11 is 0. The van der Waals surface area contributed by atoms with Gasteiger partial charge in [0.1, 0.15) is 5.75 Å². The van der Waals surface area contributed by atoms with E-state index >= 15 is 0 Å². The summed E-state index contributed by atoms with van der Waals surface area (Å²) in [6.45, 7) is 8.44. The average Bonchev–Trinajstić information content (AvgIpc) is 3.04. The van der Waals surface area contributed by atoms with Gasteiger partial charge >= 0.3 is 0 Å². The molecule has 3 rings (SSSR count). The lowest BCUT2D eigenvalue weighted by molar-refractivity contribution is 0.0524. The molecular formula is C19H31ClN2O2. The molecule has 1 aromatic rings. The fourth-order valence-electron chi connectivity index (χ4n) is 3.92. The lowest BCUT2D eigenvalue weighted by atomic mass is 9.94. The largest absolute Gasteiger partial charge is 0.494 e. The van der Waals surface area contributed by atoms with E-state index in [2.05, 4.69) is 35.8 Å². The number of halogens is 1. The molecule has 4 nitrogen and oxygen atoms in total. The quantitative estimate of drug-likeness (QED) is 0.824. The first-order chi connectivity index (χ1) is 11.3. The van der Waals surface area contributed by atoms with E-state index in [9.17, 15) is 0 Å². The molecule has 1 saturated carbocycles. The molecule has 2 N–H and O–H groups in total. The van der Waals surface area contributed by atoms with Gasteiger partial charge < -0.3 is 20.1 Å². The summed E-state index contributed by atoms with van der Waals surface area (Å²) in [6, 6.07) is 7.59. The van der Waals surface area contributed by atoms with Gasteiger partial charge in [-0.2, -0.15) is 0 Å². The molecule has 24 heavy (non-hydrogen) atoms. The molecule has 1 heterocycles. The highest BCUT2D eigenvalue weighted by molar-refractivity contribution is 5.85. The molecule has 0 spiro atoms. The third-order valence-electron chi connectivity index (χ3n) is 5.11. The van der Waals surface area contributed by atoms with Crippen LogP contribution in [0.5, 0.6) is 5.75 Å². The van der Waals surface area contributed by atoms with Crippen molar-refractivity contribution in [1.29, 1.82) is 0 Å². The van der Waals surface area contributed by atoms with E-state index < -0.39 is 0 Å². The van der Waals surface area contributed by atoms with Crippen molar-refractivity contribution < 1.29 is 9.47 Å². The summed E-state index contributed by atoms with van der Waals surface area (Å²) in [5.74, 6) is 1.70. The monoisotopic (exact) mass is 354 g/mol. The number of morpholine rings is 1. The Morgan fingerprint density at radius 1 is 1.33 bits per heavy atom. The summed E-state index contributed by atoms with van der Waals surface area (Å²) in [5, 5.41) is 7.43. The molecule has 1 aliphatic carbocycles. The first kappa shape index (κ1) is 19.5. The minimum atomic E-state index is 0. The highest BCUT2D eigenvalue weighted by Gasteiger charge is 2.34. The van der Waals surface area contributed by atoms with E-state index in [1.807, 2.05) is 6.92 Å². The van der Waals surface area contributed by atoms with Crippen LogP contribution in [0.15, 0.2) is 18.2 Å². The van der Waals surface area contributed by atoms with Gasteiger partial charge in [0, 0.05) is 30.7 Å². The van der Waals surface area contributed by atoms with Crippen molar-refractivity contribution in [2.75, 3.05) is 26.4 Å². The van der Waals surface area contributed by atoms with E-state index in [-0.39, 0.29) is 12.4 Å². The van der Waals surface area contributed by atoms with Crippen molar-refractivity contribution in [3.05, 3.63) is 29.3 Å². The van der Waals surface area contributed by atoms with Crippen LogP contribution in [0.1, 0.15) is 37.3 Å². The summed E-state index contributed by atoms with van der Waals surface area (Å²) in [5.41, 5.74) is 2.51. The maximum absolute atomic E-state index is 5.80. The summed E-state index contributed by atoms with van der Waals surface area (Å²) < 4.78 is 11.5. The van der Waals surface area contributed by atoms with Crippen LogP contribution in [0.3, 0.4) is 0 Å². The SMILES string of the molecule is CCOc1cc(C)ccc1CNC1CCCC1C1COCCN1.Cl. The molecule has 136 valence electrons. The van der Waals surface area contributed by atoms with Crippen molar-refractivity contribution in [2.24, 2.45) is 5.92 Å². The van der Waals surface area contributed by atoms with E-state index in [0.29, 0.717) is 24.6 Å². The van der Waals surface area contributed by atoms with Crippen LogP contribution >= 0.6 is 12.4 Å². The van der Waals surface area contributed by atoms with Crippen molar-refractivity contribution >= 4 is 12.4 Å². The molecule has 1 aromatic carbocycles. The van der Waals surface area contributed by atoms with E-state index in [0.717, 1.165) is 32.1 Å². The Bertz CT molecular complexity index is 506. The molecule has 0 amide bonds. The molecule has 1 aliphatic heterocycles. The maximum Gasteiger partial charge on any atom is 0.124 e. The number of hydrogen-bond acceptors (Lipinski definition) is 4. The zero-order valence-corrected chi connectivity index (χ0v) is 15.7. The van der Waals surface area contributed by atoms with E-state index in [4.69, 9.17) is 9.47 Å². The number of nitrogens with one attached hydrogen (secondary N) is 2. The molecule has 0 radical (unpaired) electrons. The Labute approximate surface area is 152 Å². The van der Waals surface area contributed by atoms with Gasteiger partial charge in [-0.15, -0.1) is 12.4 Å². The molecule has 5 heteroatoms. The van der Waals surface area contributed by atoms with Gasteiger partial charge in [0.15, 0.2) is 0 Å². The van der Waals surface area contributed by atoms with Gasteiger partial charge in [-0.25, -0.2) is 0 Å². The zero-order chi connectivity index (χ0) is 16.1. The second kappa shape index (κ2) is 9.62. The van der Waals surface area contributed by atoms with Crippen LogP contribution in [0.25, 0.3) is 0 Å². The Hall–Kier alpha value is -0.810. The van der Waals surface area contributed by atoms with E-state index in [1.165, 1.54) is 30.4 Å². The van der Waals surface area contributed by atoms with Crippen molar-refractivity contribution in [2.45, 2.75) is 51.7 Å². The van der Waals surface area contributed by atoms with Gasteiger partial charge in [-0.05, 0) is 44.2 Å². The third kappa shape index (κ3) is 4.85. The normalized spacial score (nSPS) is 26.8. The van der Waals surface area contributed by atoms with Gasteiger partial charge in [-0.1, -0.05) is 18.6 Å². The minimum absolute atomic E-state index is 0. The molecular weight excluding hydrogens is 324 g/mol. The van der Waals surface area contributed by atoms with Crippen LogP contribution in [0.4, 0.5) is 0 Å². The summed E-state index contributed by atoms with van der Waals surface area (Å²) in [4.78, 5) is 0. The third-order valence-corrected chi connectivity index (χ3v) is 5.11. The number of rotatable bonds is 6. The van der Waals surface area contributed by atoms with Gasteiger partial charge in [0.2, 0.25) is 0 Å². The number of hydrogen-bond donors (Lipinski definition) is 2. The number of aryl methyl sites for hydroxylation is 1. The lowest BCUT2D eigenvalue weighted by Crippen LogP contribution is -2.50. The average molecular weight is 355 g/mol. The number of benzene rings is 1. The van der Waals surface area contributed by atoms with Gasteiger partial charge in [0.25, 0.3) is 0 Å². The predicted octanol–water partition coefficient (Wildman–Crippen LogP) is 3.06. The first-order valence-corrected chi connectivity index (χ1v) is 9.04. The maximum atomic E-state index is 5.80. The Morgan fingerprint density at radius 3 is 2.96 bits per heavy atom.